The largest absolute Gasteiger partial charge is 0.354 e. The second kappa shape index (κ2) is 8.82. The number of aromatic nitrogens is 4. The van der Waals surface area contributed by atoms with Gasteiger partial charge >= 0.3 is 0 Å². The minimum atomic E-state index is -0.113. The molecule has 2 heterocycles. The molecule has 0 saturated carbocycles. The summed E-state index contributed by atoms with van der Waals surface area (Å²) in [6.07, 6.45) is 4.77. The van der Waals surface area contributed by atoms with Crippen LogP contribution >= 0.6 is 0 Å². The predicted octanol–water partition coefficient (Wildman–Crippen LogP) is 2.50. The fraction of sp³-hybridized carbons (Fsp3) is 0.429. The van der Waals surface area contributed by atoms with Crippen molar-refractivity contribution in [3.63, 3.8) is 0 Å². The van der Waals surface area contributed by atoms with Crippen molar-refractivity contribution in [3.8, 4) is 0 Å². The smallest absolute Gasteiger partial charge is 0.264 e. The number of hydrogen-bond acceptors (Lipinski definition) is 4. The minimum absolute atomic E-state index is 0.0430. The Kier molecular flexibility index (Phi) is 6.23. The van der Waals surface area contributed by atoms with Crippen LogP contribution in [-0.2, 0) is 17.9 Å². The van der Waals surface area contributed by atoms with E-state index in [0.29, 0.717) is 30.7 Å². The Labute approximate surface area is 164 Å². The van der Waals surface area contributed by atoms with Crippen molar-refractivity contribution < 1.29 is 4.79 Å². The van der Waals surface area contributed by atoms with Gasteiger partial charge < -0.3 is 5.32 Å². The summed E-state index contributed by atoms with van der Waals surface area (Å²) in [5, 5.41) is 7.71. The molecule has 1 amide bonds. The number of carbonyl (C=O) groups is 1. The first kappa shape index (κ1) is 19.8. The van der Waals surface area contributed by atoms with Crippen LogP contribution in [0.4, 0.5) is 0 Å². The third-order valence-corrected chi connectivity index (χ3v) is 5.08. The van der Waals surface area contributed by atoms with Gasteiger partial charge in [0.2, 0.25) is 5.91 Å². The van der Waals surface area contributed by atoms with Gasteiger partial charge in [0.1, 0.15) is 11.7 Å². The number of rotatable bonds is 8. The van der Waals surface area contributed by atoms with Gasteiger partial charge in [-0.3, -0.25) is 14.2 Å². The van der Waals surface area contributed by atoms with Crippen molar-refractivity contribution in [2.75, 3.05) is 6.54 Å². The zero-order valence-corrected chi connectivity index (χ0v) is 16.7. The molecule has 0 saturated heterocycles. The van der Waals surface area contributed by atoms with Crippen molar-refractivity contribution in [1.29, 1.82) is 0 Å². The van der Waals surface area contributed by atoms with E-state index in [9.17, 15) is 9.59 Å². The zero-order valence-electron chi connectivity index (χ0n) is 16.7. The van der Waals surface area contributed by atoms with E-state index in [-0.39, 0.29) is 17.4 Å². The first-order chi connectivity index (χ1) is 13.5. The Morgan fingerprint density at radius 3 is 2.57 bits per heavy atom. The first-order valence-electron chi connectivity index (χ1n) is 9.77. The summed E-state index contributed by atoms with van der Waals surface area (Å²) < 4.78 is 3.26. The molecule has 2 aromatic heterocycles. The van der Waals surface area contributed by atoms with Gasteiger partial charge in [-0.15, -0.1) is 0 Å². The average molecular weight is 381 g/mol. The summed E-state index contributed by atoms with van der Waals surface area (Å²) in [6.45, 7) is 7.47. The molecule has 3 rings (SSSR count). The number of nitrogens with zero attached hydrogens (tertiary/aromatic N) is 4. The highest BCUT2D eigenvalue weighted by atomic mass is 16.2. The summed E-state index contributed by atoms with van der Waals surface area (Å²) in [6, 6.07) is 8.08. The lowest BCUT2D eigenvalue weighted by Gasteiger charge is -2.12. The van der Waals surface area contributed by atoms with Gasteiger partial charge in [-0.2, -0.15) is 5.10 Å². The van der Waals surface area contributed by atoms with E-state index in [1.807, 2.05) is 45.0 Å². The van der Waals surface area contributed by atoms with Crippen LogP contribution in [0.2, 0.25) is 0 Å². The van der Waals surface area contributed by atoms with Gasteiger partial charge in [0, 0.05) is 12.5 Å². The number of nitrogens with one attached hydrogen (secondary N) is 1. The summed E-state index contributed by atoms with van der Waals surface area (Å²) in [5.74, 6) is 0.108. The zero-order chi connectivity index (χ0) is 20.1. The van der Waals surface area contributed by atoms with E-state index in [4.69, 9.17) is 0 Å². The quantitative estimate of drug-likeness (QED) is 0.650. The molecule has 0 radical (unpaired) electrons. The Balaban J connectivity index is 1.71. The van der Waals surface area contributed by atoms with Crippen LogP contribution in [0.25, 0.3) is 11.0 Å². The molecule has 0 spiro atoms. The molecule has 3 aromatic rings. The maximum atomic E-state index is 12.8. The number of hydrogen-bond donors (Lipinski definition) is 1. The molecule has 0 atom stereocenters. The molecule has 1 N–H and O–H groups in total. The Morgan fingerprint density at radius 1 is 1.18 bits per heavy atom. The minimum Gasteiger partial charge on any atom is -0.354 e. The lowest BCUT2D eigenvalue weighted by atomic mass is 10.0. The van der Waals surface area contributed by atoms with Gasteiger partial charge in [-0.25, -0.2) is 9.67 Å². The Hall–Kier alpha value is -2.96. The van der Waals surface area contributed by atoms with Crippen LogP contribution in [0.5, 0.6) is 0 Å². The van der Waals surface area contributed by atoms with Crippen molar-refractivity contribution in [3.05, 3.63) is 58.3 Å². The summed E-state index contributed by atoms with van der Waals surface area (Å²) in [5.41, 5.74) is 2.66. The molecule has 0 bridgehead atoms. The van der Waals surface area contributed by atoms with Crippen LogP contribution in [0.15, 0.2) is 41.6 Å². The van der Waals surface area contributed by atoms with Crippen LogP contribution < -0.4 is 10.9 Å². The Morgan fingerprint density at radius 2 is 1.89 bits per heavy atom. The second-order valence-corrected chi connectivity index (χ2v) is 7.07. The number of amides is 1. The molecule has 7 nitrogen and oxygen atoms in total. The normalized spacial score (nSPS) is 11.3. The van der Waals surface area contributed by atoms with Crippen LogP contribution in [0.1, 0.15) is 37.8 Å². The van der Waals surface area contributed by atoms with E-state index in [2.05, 4.69) is 15.4 Å². The van der Waals surface area contributed by atoms with Gasteiger partial charge in [-0.05, 0) is 25.3 Å². The molecule has 148 valence electrons. The first-order valence-corrected chi connectivity index (χ1v) is 9.77. The molecule has 1 aromatic carbocycles. The van der Waals surface area contributed by atoms with Gasteiger partial charge in [0.15, 0.2) is 5.65 Å². The number of fused-ring (bicyclic) bond motifs is 1. The topological polar surface area (TPSA) is 81.8 Å². The fourth-order valence-corrected chi connectivity index (χ4v) is 3.25. The molecule has 28 heavy (non-hydrogen) atoms. The summed E-state index contributed by atoms with van der Waals surface area (Å²) in [7, 11) is 0. The lowest BCUT2D eigenvalue weighted by molar-refractivity contribution is -0.125. The molecule has 0 fully saturated rings. The van der Waals surface area contributed by atoms with Crippen molar-refractivity contribution in [2.45, 2.75) is 46.7 Å². The van der Waals surface area contributed by atoms with E-state index in [0.717, 1.165) is 18.4 Å². The predicted molar refractivity (Wildman–Crippen MR) is 109 cm³/mol. The number of aryl methyl sites for hydroxylation is 1. The van der Waals surface area contributed by atoms with E-state index in [1.165, 1.54) is 5.56 Å². The molecule has 0 aliphatic rings. The highest BCUT2D eigenvalue weighted by Gasteiger charge is 2.14. The standard InChI is InChI=1S/C21H27N5O2/c1-4-17(5-2)20(27)22-10-11-26-19-18(12-24-26)21(28)25(14-23-19)13-16-8-6-15(3)7-9-16/h6-9,12,14,17H,4-5,10-11,13H2,1-3H3,(H,22,27). The molecular formula is C21H27N5O2. The van der Waals surface area contributed by atoms with Crippen molar-refractivity contribution in [2.24, 2.45) is 5.92 Å². The van der Waals surface area contributed by atoms with Crippen molar-refractivity contribution >= 4 is 16.9 Å². The highest BCUT2D eigenvalue weighted by Crippen LogP contribution is 2.09. The van der Waals surface area contributed by atoms with Crippen LogP contribution in [0, 0.1) is 12.8 Å². The van der Waals surface area contributed by atoms with E-state index >= 15 is 0 Å². The lowest BCUT2D eigenvalue weighted by Crippen LogP contribution is -2.32. The van der Waals surface area contributed by atoms with Crippen molar-refractivity contribution in [1.82, 2.24) is 24.6 Å². The fourth-order valence-electron chi connectivity index (χ4n) is 3.25. The number of benzene rings is 1. The van der Waals surface area contributed by atoms with Crippen LogP contribution in [-0.4, -0.2) is 31.8 Å². The summed E-state index contributed by atoms with van der Waals surface area (Å²) in [4.78, 5) is 29.3. The molecular weight excluding hydrogens is 354 g/mol. The summed E-state index contributed by atoms with van der Waals surface area (Å²) >= 11 is 0. The number of carbonyl (C=O) groups excluding carboxylic acids is 1. The maximum Gasteiger partial charge on any atom is 0.264 e. The van der Waals surface area contributed by atoms with Gasteiger partial charge in [0.05, 0.1) is 19.3 Å². The molecule has 0 aliphatic carbocycles. The average Bonchev–Trinajstić information content (AvgIpc) is 3.10. The molecule has 0 unspecified atom stereocenters. The maximum absolute atomic E-state index is 12.8. The third kappa shape index (κ3) is 4.30. The van der Waals surface area contributed by atoms with Gasteiger partial charge in [-0.1, -0.05) is 43.7 Å². The third-order valence-electron chi connectivity index (χ3n) is 5.08. The van der Waals surface area contributed by atoms with E-state index in [1.54, 1.807) is 21.8 Å². The monoisotopic (exact) mass is 381 g/mol. The second-order valence-electron chi connectivity index (χ2n) is 7.07. The SMILES string of the molecule is CCC(CC)C(=O)NCCn1ncc2c(=O)n(Cc3ccc(C)cc3)cnc21. The highest BCUT2D eigenvalue weighted by molar-refractivity contribution is 5.78. The molecule has 7 heteroatoms. The van der Waals surface area contributed by atoms with Gasteiger partial charge in [0.25, 0.3) is 5.56 Å². The van der Waals surface area contributed by atoms with Crippen LogP contribution in [0.3, 0.4) is 0 Å². The Bertz CT molecular complexity index is 1000. The van der Waals surface area contributed by atoms with E-state index < -0.39 is 0 Å². The molecule has 0 aliphatic heterocycles.